The lowest BCUT2D eigenvalue weighted by Gasteiger charge is -2.38. The number of amides is 1. The summed E-state index contributed by atoms with van der Waals surface area (Å²) in [6.07, 6.45) is 4.11. The van der Waals surface area contributed by atoms with E-state index >= 15 is 0 Å². The Morgan fingerprint density at radius 1 is 1.14 bits per heavy atom. The molecule has 1 heterocycles. The van der Waals surface area contributed by atoms with Gasteiger partial charge in [-0.25, -0.2) is 4.79 Å². The quantitative estimate of drug-likeness (QED) is 0.803. The highest BCUT2D eigenvalue weighted by molar-refractivity contribution is 5.91. The van der Waals surface area contributed by atoms with Gasteiger partial charge in [0, 0.05) is 12.1 Å². The maximum absolute atomic E-state index is 12.3. The molecular formula is C18H25NO3. The number of ether oxygens (including phenoxy) is 1. The number of piperidine rings is 1. The zero-order valence-electron chi connectivity index (χ0n) is 13.7. The highest BCUT2D eigenvalue weighted by Gasteiger charge is 2.29. The first kappa shape index (κ1) is 16.5. The summed E-state index contributed by atoms with van der Waals surface area (Å²) in [7, 11) is 0. The molecule has 1 aromatic rings. The molecule has 120 valence electrons. The normalized spacial score (nSPS) is 21.5. The summed E-state index contributed by atoms with van der Waals surface area (Å²) in [5.41, 5.74) is 1.66. The number of rotatable bonds is 4. The Hall–Kier alpha value is -1.84. The Labute approximate surface area is 132 Å². The van der Waals surface area contributed by atoms with Crippen LogP contribution in [0.3, 0.4) is 0 Å². The molecule has 2 atom stereocenters. The van der Waals surface area contributed by atoms with E-state index in [-0.39, 0.29) is 24.6 Å². The van der Waals surface area contributed by atoms with Gasteiger partial charge in [-0.3, -0.25) is 4.79 Å². The van der Waals surface area contributed by atoms with Crippen LogP contribution in [0.25, 0.3) is 0 Å². The number of nitrogens with zero attached hydrogens (tertiary/aromatic N) is 1. The molecule has 0 spiro atoms. The molecule has 0 saturated carbocycles. The van der Waals surface area contributed by atoms with E-state index in [0.29, 0.717) is 5.56 Å². The monoisotopic (exact) mass is 303 g/mol. The minimum atomic E-state index is -0.437. The molecule has 2 rings (SSSR count). The summed E-state index contributed by atoms with van der Waals surface area (Å²) in [5, 5.41) is 0. The molecule has 4 heteroatoms. The molecule has 0 N–H and O–H groups in total. The Bertz CT molecular complexity index is 514. The van der Waals surface area contributed by atoms with Gasteiger partial charge in [0.2, 0.25) is 0 Å². The zero-order chi connectivity index (χ0) is 16.1. The first-order valence-electron chi connectivity index (χ1n) is 8.10. The van der Waals surface area contributed by atoms with Gasteiger partial charge in [0.1, 0.15) is 0 Å². The van der Waals surface area contributed by atoms with E-state index in [1.54, 1.807) is 12.1 Å². The number of carbonyl (C=O) groups is 2. The molecular weight excluding hydrogens is 278 g/mol. The number of likely N-dealkylation sites (tertiary alicyclic amines) is 1. The topological polar surface area (TPSA) is 46.6 Å². The van der Waals surface area contributed by atoms with Crippen LogP contribution in [0, 0.1) is 0 Å². The lowest BCUT2D eigenvalue weighted by molar-refractivity contribution is -0.140. The number of benzene rings is 1. The van der Waals surface area contributed by atoms with Gasteiger partial charge < -0.3 is 9.64 Å². The molecule has 1 saturated heterocycles. The van der Waals surface area contributed by atoms with E-state index in [2.05, 4.69) is 20.8 Å². The SMILES string of the molecule is CCc1ccc(C(=O)OCC(=O)N2C(C)CCCC2C)cc1. The fourth-order valence-corrected chi connectivity index (χ4v) is 3.07. The van der Waals surface area contributed by atoms with Crippen molar-refractivity contribution >= 4 is 11.9 Å². The summed E-state index contributed by atoms with van der Waals surface area (Å²) in [6.45, 7) is 5.99. The van der Waals surface area contributed by atoms with Crippen LogP contribution in [-0.2, 0) is 16.0 Å². The average molecular weight is 303 g/mol. The molecule has 1 aromatic carbocycles. The zero-order valence-corrected chi connectivity index (χ0v) is 13.7. The van der Waals surface area contributed by atoms with Crippen molar-refractivity contribution in [1.29, 1.82) is 0 Å². The molecule has 1 fully saturated rings. The van der Waals surface area contributed by atoms with Crippen LogP contribution in [0.1, 0.15) is 56.0 Å². The Kier molecular flexibility index (Phi) is 5.58. The molecule has 2 unspecified atom stereocenters. The molecule has 0 radical (unpaired) electrons. The van der Waals surface area contributed by atoms with Crippen LogP contribution >= 0.6 is 0 Å². The lowest BCUT2D eigenvalue weighted by atomic mass is 9.97. The fraction of sp³-hybridized carbons (Fsp3) is 0.556. The maximum atomic E-state index is 12.3. The van der Waals surface area contributed by atoms with Crippen molar-refractivity contribution in [2.45, 2.75) is 58.5 Å². The van der Waals surface area contributed by atoms with Crippen LogP contribution in [0.5, 0.6) is 0 Å². The maximum Gasteiger partial charge on any atom is 0.338 e. The van der Waals surface area contributed by atoms with E-state index in [4.69, 9.17) is 4.74 Å². The second-order valence-electron chi connectivity index (χ2n) is 6.06. The second kappa shape index (κ2) is 7.43. The van der Waals surface area contributed by atoms with Gasteiger partial charge in [-0.05, 0) is 57.2 Å². The fourth-order valence-electron chi connectivity index (χ4n) is 3.07. The van der Waals surface area contributed by atoms with E-state index in [1.807, 2.05) is 17.0 Å². The van der Waals surface area contributed by atoms with Gasteiger partial charge in [0.25, 0.3) is 5.91 Å². The lowest BCUT2D eigenvalue weighted by Crippen LogP contribution is -2.49. The summed E-state index contributed by atoms with van der Waals surface area (Å²) in [6, 6.07) is 7.76. The van der Waals surface area contributed by atoms with Crippen molar-refractivity contribution in [2.24, 2.45) is 0 Å². The third kappa shape index (κ3) is 3.87. The van der Waals surface area contributed by atoms with Crippen LogP contribution in [0.4, 0.5) is 0 Å². The van der Waals surface area contributed by atoms with Gasteiger partial charge >= 0.3 is 5.97 Å². The van der Waals surface area contributed by atoms with E-state index < -0.39 is 5.97 Å². The first-order valence-corrected chi connectivity index (χ1v) is 8.10. The highest BCUT2D eigenvalue weighted by atomic mass is 16.5. The van der Waals surface area contributed by atoms with Gasteiger partial charge in [0.05, 0.1) is 5.56 Å². The van der Waals surface area contributed by atoms with Crippen LogP contribution < -0.4 is 0 Å². The third-order valence-electron chi connectivity index (χ3n) is 4.41. The van der Waals surface area contributed by atoms with Crippen molar-refractivity contribution in [1.82, 2.24) is 4.90 Å². The third-order valence-corrected chi connectivity index (χ3v) is 4.41. The Balaban J connectivity index is 1.90. The van der Waals surface area contributed by atoms with Crippen molar-refractivity contribution in [3.63, 3.8) is 0 Å². The predicted molar refractivity (Wildman–Crippen MR) is 85.7 cm³/mol. The highest BCUT2D eigenvalue weighted by Crippen LogP contribution is 2.22. The summed E-state index contributed by atoms with van der Waals surface area (Å²) >= 11 is 0. The molecule has 4 nitrogen and oxygen atoms in total. The van der Waals surface area contributed by atoms with E-state index in [0.717, 1.165) is 25.7 Å². The summed E-state index contributed by atoms with van der Waals surface area (Å²) in [4.78, 5) is 26.2. The number of esters is 1. The van der Waals surface area contributed by atoms with Crippen LogP contribution in [0.15, 0.2) is 24.3 Å². The van der Waals surface area contributed by atoms with Crippen molar-refractivity contribution in [3.8, 4) is 0 Å². The van der Waals surface area contributed by atoms with E-state index in [1.165, 1.54) is 5.56 Å². The standard InChI is InChI=1S/C18H25NO3/c1-4-15-8-10-16(11-9-15)18(21)22-12-17(20)19-13(2)6-5-7-14(19)3/h8-11,13-14H,4-7,12H2,1-3H3. The first-order chi connectivity index (χ1) is 10.5. The minimum Gasteiger partial charge on any atom is -0.452 e. The molecule has 22 heavy (non-hydrogen) atoms. The van der Waals surface area contributed by atoms with Crippen molar-refractivity contribution in [3.05, 3.63) is 35.4 Å². The largest absolute Gasteiger partial charge is 0.452 e. The Morgan fingerprint density at radius 3 is 2.27 bits per heavy atom. The van der Waals surface area contributed by atoms with Gasteiger partial charge in [-0.15, -0.1) is 0 Å². The minimum absolute atomic E-state index is 0.0989. The summed E-state index contributed by atoms with van der Waals surface area (Å²) < 4.78 is 5.18. The average Bonchev–Trinajstić information content (AvgIpc) is 2.52. The molecule has 1 amide bonds. The predicted octanol–water partition coefficient (Wildman–Crippen LogP) is 3.20. The van der Waals surface area contributed by atoms with Crippen LogP contribution in [0.2, 0.25) is 0 Å². The van der Waals surface area contributed by atoms with Crippen molar-refractivity contribution < 1.29 is 14.3 Å². The number of hydrogen-bond acceptors (Lipinski definition) is 3. The molecule has 1 aliphatic heterocycles. The second-order valence-corrected chi connectivity index (χ2v) is 6.06. The van der Waals surface area contributed by atoms with Crippen LogP contribution in [-0.4, -0.2) is 35.5 Å². The molecule has 1 aliphatic rings. The van der Waals surface area contributed by atoms with Gasteiger partial charge in [-0.1, -0.05) is 19.1 Å². The number of carbonyl (C=O) groups excluding carboxylic acids is 2. The van der Waals surface area contributed by atoms with Gasteiger partial charge in [-0.2, -0.15) is 0 Å². The number of hydrogen-bond donors (Lipinski definition) is 0. The number of aryl methyl sites for hydroxylation is 1. The molecule has 0 bridgehead atoms. The summed E-state index contributed by atoms with van der Waals surface area (Å²) in [5.74, 6) is -0.536. The van der Waals surface area contributed by atoms with Crippen molar-refractivity contribution in [2.75, 3.05) is 6.61 Å². The van der Waals surface area contributed by atoms with E-state index in [9.17, 15) is 9.59 Å². The molecule has 0 aromatic heterocycles. The Morgan fingerprint density at radius 2 is 1.73 bits per heavy atom. The smallest absolute Gasteiger partial charge is 0.338 e. The van der Waals surface area contributed by atoms with Gasteiger partial charge in [0.15, 0.2) is 6.61 Å². The molecule has 0 aliphatic carbocycles.